The molecule has 0 aliphatic rings. The molecule has 0 saturated heterocycles. The molecule has 11 nitrogen and oxygen atoms in total. The van der Waals surface area contributed by atoms with Crippen LogP contribution in [0.3, 0.4) is 0 Å². The van der Waals surface area contributed by atoms with E-state index in [2.05, 4.69) is 15.6 Å². The number of hydrogen-bond acceptors (Lipinski definition) is 7. The summed E-state index contributed by atoms with van der Waals surface area (Å²) in [6, 6.07) is 4.63. The van der Waals surface area contributed by atoms with Crippen LogP contribution < -0.4 is 5.43 Å². The normalized spacial score (nSPS) is 11.4. The van der Waals surface area contributed by atoms with E-state index in [1.165, 1.54) is 36.5 Å². The number of nitro groups is 1. The van der Waals surface area contributed by atoms with E-state index < -0.39 is 14.9 Å². The van der Waals surface area contributed by atoms with Crippen molar-refractivity contribution in [3.05, 3.63) is 47.0 Å². The first kappa shape index (κ1) is 18.5. The standard InChI is InChI=1S/C13H16N6O5S/c1-17(8-2-3-13(20)16-18-9-14-15-10-18)25(23,24)12-6-4-11(5-7-12)19(21)22/h4-7,9-10H,2-3,8H2,1H3,(H,16,20). The molecule has 12 heteroatoms. The molecule has 0 atom stereocenters. The quantitative estimate of drug-likeness (QED) is 0.524. The van der Waals surface area contributed by atoms with Crippen molar-refractivity contribution < 1.29 is 18.1 Å². The van der Waals surface area contributed by atoms with Crippen molar-refractivity contribution in [1.29, 1.82) is 0 Å². The summed E-state index contributed by atoms with van der Waals surface area (Å²) in [4.78, 5) is 21.7. The van der Waals surface area contributed by atoms with Gasteiger partial charge in [-0.3, -0.25) is 20.3 Å². The number of carbonyl (C=O) groups is 1. The maximum Gasteiger partial charge on any atom is 0.269 e. The fourth-order valence-electron chi connectivity index (χ4n) is 1.96. The van der Waals surface area contributed by atoms with Crippen LogP contribution in [0.1, 0.15) is 12.8 Å². The van der Waals surface area contributed by atoms with Crippen molar-refractivity contribution in [1.82, 2.24) is 19.2 Å². The van der Waals surface area contributed by atoms with Gasteiger partial charge in [-0.2, -0.15) is 0 Å². The number of sulfonamides is 1. The molecule has 1 N–H and O–H groups in total. The Morgan fingerprint density at radius 2 is 1.88 bits per heavy atom. The van der Waals surface area contributed by atoms with Gasteiger partial charge in [-0.15, -0.1) is 10.2 Å². The predicted octanol–water partition coefficient (Wildman–Crippen LogP) is 0.357. The molecular formula is C13H16N6O5S. The van der Waals surface area contributed by atoms with Crippen LogP contribution in [0.4, 0.5) is 5.69 Å². The van der Waals surface area contributed by atoms with Crippen molar-refractivity contribution in [3.63, 3.8) is 0 Å². The number of benzene rings is 1. The molecule has 0 unspecified atom stereocenters. The van der Waals surface area contributed by atoms with E-state index in [0.717, 1.165) is 16.4 Å². The van der Waals surface area contributed by atoms with Crippen molar-refractivity contribution >= 4 is 21.6 Å². The number of carbonyl (C=O) groups excluding carboxylic acids is 1. The van der Waals surface area contributed by atoms with E-state index in [-0.39, 0.29) is 29.5 Å². The fraction of sp³-hybridized carbons (Fsp3) is 0.308. The van der Waals surface area contributed by atoms with Gasteiger partial charge in [0.1, 0.15) is 12.7 Å². The van der Waals surface area contributed by atoms with Gasteiger partial charge in [0.15, 0.2) is 0 Å². The van der Waals surface area contributed by atoms with Crippen LogP contribution in [0.25, 0.3) is 0 Å². The first-order valence-corrected chi connectivity index (χ1v) is 8.60. The summed E-state index contributed by atoms with van der Waals surface area (Å²) in [5.74, 6) is -0.305. The second-order valence-electron chi connectivity index (χ2n) is 5.09. The minimum absolute atomic E-state index is 0.0467. The van der Waals surface area contributed by atoms with Crippen molar-refractivity contribution in [3.8, 4) is 0 Å². The first-order valence-electron chi connectivity index (χ1n) is 7.16. The van der Waals surface area contributed by atoms with Crippen molar-refractivity contribution in [2.45, 2.75) is 17.7 Å². The van der Waals surface area contributed by atoms with Crippen LogP contribution >= 0.6 is 0 Å². The summed E-state index contributed by atoms with van der Waals surface area (Å²) in [5.41, 5.74) is 2.32. The van der Waals surface area contributed by atoms with Gasteiger partial charge in [0.05, 0.1) is 9.82 Å². The fourth-order valence-corrected chi connectivity index (χ4v) is 3.17. The molecule has 25 heavy (non-hydrogen) atoms. The molecule has 1 aromatic heterocycles. The molecule has 2 rings (SSSR count). The van der Waals surface area contributed by atoms with E-state index in [4.69, 9.17) is 0 Å². The molecule has 1 aromatic carbocycles. The highest BCUT2D eigenvalue weighted by molar-refractivity contribution is 7.89. The molecule has 0 aliphatic carbocycles. The summed E-state index contributed by atoms with van der Waals surface area (Å²) in [6.07, 6.45) is 3.06. The monoisotopic (exact) mass is 368 g/mol. The van der Waals surface area contributed by atoms with Gasteiger partial charge < -0.3 is 0 Å². The van der Waals surface area contributed by atoms with Crippen molar-refractivity contribution in [2.24, 2.45) is 0 Å². The number of nitrogens with zero attached hydrogens (tertiary/aromatic N) is 5. The lowest BCUT2D eigenvalue weighted by Crippen LogP contribution is -2.29. The molecule has 0 fully saturated rings. The van der Waals surface area contributed by atoms with Gasteiger partial charge in [-0.05, 0) is 18.6 Å². The molecule has 0 spiro atoms. The Balaban J connectivity index is 1.89. The zero-order valence-corrected chi connectivity index (χ0v) is 14.1. The number of nitrogens with one attached hydrogen (secondary N) is 1. The summed E-state index contributed by atoms with van der Waals surface area (Å²) in [5, 5.41) is 17.7. The van der Waals surface area contributed by atoms with Gasteiger partial charge in [0, 0.05) is 32.1 Å². The Hall–Kier alpha value is -2.86. The minimum atomic E-state index is -3.78. The summed E-state index contributed by atoms with van der Waals surface area (Å²) in [7, 11) is -2.39. The van der Waals surface area contributed by atoms with Gasteiger partial charge in [-0.1, -0.05) is 0 Å². The van der Waals surface area contributed by atoms with Crippen LogP contribution in [0, 0.1) is 10.1 Å². The Labute approximate surface area is 143 Å². The smallest absolute Gasteiger partial charge is 0.269 e. The first-order chi connectivity index (χ1) is 11.8. The Bertz CT molecular complexity index is 834. The molecule has 0 aliphatic heterocycles. The highest BCUT2D eigenvalue weighted by atomic mass is 32.2. The maximum atomic E-state index is 12.4. The van der Waals surface area contributed by atoms with Crippen LogP contribution in [-0.4, -0.2) is 52.0 Å². The number of aromatic nitrogens is 3. The summed E-state index contributed by atoms with van der Waals surface area (Å²) >= 11 is 0. The van der Waals surface area contributed by atoms with Gasteiger partial charge >= 0.3 is 0 Å². The number of non-ortho nitro benzene ring substituents is 1. The minimum Gasteiger partial charge on any atom is -0.273 e. The third-order valence-electron chi connectivity index (χ3n) is 3.31. The average molecular weight is 368 g/mol. The highest BCUT2D eigenvalue weighted by Gasteiger charge is 2.21. The van der Waals surface area contributed by atoms with Gasteiger partial charge in [0.25, 0.3) is 5.69 Å². The van der Waals surface area contributed by atoms with Crippen molar-refractivity contribution in [2.75, 3.05) is 19.0 Å². The van der Waals surface area contributed by atoms with Crippen LogP contribution in [-0.2, 0) is 14.8 Å². The predicted molar refractivity (Wildman–Crippen MR) is 86.5 cm³/mol. The second kappa shape index (κ2) is 7.81. The molecule has 1 amide bonds. The van der Waals surface area contributed by atoms with E-state index in [9.17, 15) is 23.3 Å². The molecule has 0 saturated carbocycles. The summed E-state index contributed by atoms with van der Waals surface area (Å²) < 4.78 is 27.1. The van der Waals surface area contributed by atoms with E-state index in [1.54, 1.807) is 0 Å². The average Bonchev–Trinajstić information content (AvgIpc) is 3.07. The molecule has 1 heterocycles. The summed E-state index contributed by atoms with van der Waals surface area (Å²) in [6.45, 7) is 0.120. The number of amides is 1. The van der Waals surface area contributed by atoms with Crippen LogP contribution in [0.15, 0.2) is 41.8 Å². The second-order valence-corrected chi connectivity index (χ2v) is 7.13. The zero-order chi connectivity index (χ0) is 18.4. The molecule has 0 radical (unpaired) electrons. The molecule has 134 valence electrons. The van der Waals surface area contributed by atoms with E-state index in [1.807, 2.05) is 0 Å². The Morgan fingerprint density at radius 1 is 1.28 bits per heavy atom. The van der Waals surface area contributed by atoms with E-state index >= 15 is 0 Å². The maximum absolute atomic E-state index is 12.4. The van der Waals surface area contributed by atoms with Gasteiger partial charge in [-0.25, -0.2) is 17.4 Å². The molecular weight excluding hydrogens is 352 g/mol. The lowest BCUT2D eigenvalue weighted by atomic mass is 10.3. The zero-order valence-electron chi connectivity index (χ0n) is 13.3. The lowest BCUT2D eigenvalue weighted by Gasteiger charge is -2.17. The highest BCUT2D eigenvalue weighted by Crippen LogP contribution is 2.19. The lowest BCUT2D eigenvalue weighted by molar-refractivity contribution is -0.384. The van der Waals surface area contributed by atoms with E-state index in [0.29, 0.717) is 6.42 Å². The Kier molecular flexibility index (Phi) is 5.77. The van der Waals surface area contributed by atoms with Crippen LogP contribution in [0.5, 0.6) is 0 Å². The van der Waals surface area contributed by atoms with Crippen LogP contribution in [0.2, 0.25) is 0 Å². The number of hydrogen-bond donors (Lipinski definition) is 1. The number of rotatable bonds is 8. The Morgan fingerprint density at radius 3 is 2.44 bits per heavy atom. The third kappa shape index (κ3) is 4.81. The van der Waals surface area contributed by atoms with Gasteiger partial charge in [0.2, 0.25) is 15.9 Å². The SMILES string of the molecule is CN(CCCC(=O)Nn1cnnc1)S(=O)(=O)c1ccc([N+](=O)[O-])cc1. The number of nitro benzene ring substituents is 1. The largest absolute Gasteiger partial charge is 0.273 e. The topological polar surface area (TPSA) is 140 Å². The third-order valence-corrected chi connectivity index (χ3v) is 5.18. The molecule has 2 aromatic rings. The molecule has 0 bridgehead atoms.